The van der Waals surface area contributed by atoms with E-state index in [4.69, 9.17) is 0 Å². The number of benzene rings is 1. The summed E-state index contributed by atoms with van der Waals surface area (Å²) < 4.78 is 13.4. The Morgan fingerprint density at radius 2 is 2.10 bits per heavy atom. The monoisotopic (exact) mass is 423 g/mol. The Bertz CT molecular complexity index is 452. The van der Waals surface area contributed by atoms with E-state index in [1.165, 1.54) is 30.7 Å². The Labute approximate surface area is 147 Å². The van der Waals surface area contributed by atoms with Gasteiger partial charge in [0.05, 0.1) is 0 Å². The van der Waals surface area contributed by atoms with E-state index in [0.717, 1.165) is 37.3 Å². The lowest BCUT2D eigenvalue weighted by molar-refractivity contribution is 0.602. The third-order valence-corrected chi connectivity index (χ3v) is 4.09. The van der Waals surface area contributed by atoms with E-state index in [1.807, 2.05) is 12.1 Å². The molecule has 2 N–H and O–H groups in total. The number of guanidine groups is 1. The zero-order valence-electron chi connectivity index (χ0n) is 12.3. The van der Waals surface area contributed by atoms with E-state index in [0.29, 0.717) is 4.90 Å². The molecule has 0 saturated heterocycles. The maximum absolute atomic E-state index is 13.4. The molecule has 2 rings (SSSR count). The highest BCUT2D eigenvalue weighted by molar-refractivity contribution is 14.0. The van der Waals surface area contributed by atoms with Gasteiger partial charge in [-0.1, -0.05) is 12.1 Å². The Balaban J connectivity index is 0.00000220. The van der Waals surface area contributed by atoms with Gasteiger partial charge in [-0.15, -0.1) is 35.7 Å². The van der Waals surface area contributed by atoms with Crippen molar-refractivity contribution in [3.8, 4) is 0 Å². The fourth-order valence-corrected chi connectivity index (χ4v) is 2.56. The Hall–Kier alpha value is -0.500. The van der Waals surface area contributed by atoms with Crippen LogP contribution in [0.5, 0.6) is 0 Å². The van der Waals surface area contributed by atoms with E-state index in [9.17, 15) is 4.39 Å². The summed E-state index contributed by atoms with van der Waals surface area (Å²) in [5.74, 6) is 2.33. The first kappa shape index (κ1) is 18.5. The summed E-state index contributed by atoms with van der Waals surface area (Å²) in [6.45, 7) is 4.60. The van der Waals surface area contributed by atoms with Gasteiger partial charge in [-0.05, 0) is 37.8 Å². The highest BCUT2D eigenvalue weighted by Gasteiger charge is 2.20. The molecule has 0 radical (unpaired) electrons. The van der Waals surface area contributed by atoms with Crippen LogP contribution in [0, 0.1) is 11.7 Å². The standard InChI is InChI=1S/C15H22FN3S.HI/c1-2-17-15(19-11-12-7-8-12)18-9-10-20-14-6-4-3-5-13(14)16;/h3-6,12H,2,7-11H2,1H3,(H2,17,18,19);1H. The fourth-order valence-electron chi connectivity index (χ4n) is 1.75. The van der Waals surface area contributed by atoms with Gasteiger partial charge in [0, 0.05) is 30.3 Å². The van der Waals surface area contributed by atoms with Crippen molar-refractivity contribution >= 4 is 41.7 Å². The minimum absolute atomic E-state index is 0. The van der Waals surface area contributed by atoms with Crippen LogP contribution < -0.4 is 10.6 Å². The van der Waals surface area contributed by atoms with Crippen LogP contribution in [0.3, 0.4) is 0 Å². The Kier molecular flexibility index (Phi) is 9.07. The van der Waals surface area contributed by atoms with E-state index in [1.54, 1.807) is 6.07 Å². The molecule has 0 atom stereocenters. The summed E-state index contributed by atoms with van der Waals surface area (Å²) in [6.07, 6.45) is 2.62. The summed E-state index contributed by atoms with van der Waals surface area (Å²) >= 11 is 1.52. The Morgan fingerprint density at radius 3 is 2.76 bits per heavy atom. The number of hydrogen-bond donors (Lipinski definition) is 2. The summed E-state index contributed by atoms with van der Waals surface area (Å²) in [5.41, 5.74) is 0. The minimum atomic E-state index is -0.146. The van der Waals surface area contributed by atoms with Crippen LogP contribution in [-0.2, 0) is 0 Å². The van der Waals surface area contributed by atoms with Gasteiger partial charge in [0.2, 0.25) is 0 Å². The molecule has 0 heterocycles. The van der Waals surface area contributed by atoms with E-state index in [2.05, 4.69) is 22.5 Å². The summed E-state index contributed by atoms with van der Waals surface area (Å²) in [7, 11) is 0. The third-order valence-electron chi connectivity index (χ3n) is 3.04. The van der Waals surface area contributed by atoms with Gasteiger partial charge in [-0.3, -0.25) is 4.99 Å². The molecule has 1 fully saturated rings. The molecule has 1 aromatic carbocycles. The zero-order valence-corrected chi connectivity index (χ0v) is 15.4. The van der Waals surface area contributed by atoms with Gasteiger partial charge in [-0.2, -0.15) is 0 Å². The number of thioether (sulfide) groups is 1. The number of rotatable bonds is 7. The number of nitrogens with one attached hydrogen (secondary N) is 2. The van der Waals surface area contributed by atoms with Gasteiger partial charge in [0.1, 0.15) is 5.82 Å². The van der Waals surface area contributed by atoms with Crippen molar-refractivity contribution in [1.29, 1.82) is 0 Å². The molecule has 1 aliphatic carbocycles. The van der Waals surface area contributed by atoms with Crippen LogP contribution in [0.25, 0.3) is 0 Å². The molecular weight excluding hydrogens is 400 g/mol. The number of hydrogen-bond acceptors (Lipinski definition) is 2. The van der Waals surface area contributed by atoms with Crippen molar-refractivity contribution in [3.05, 3.63) is 30.1 Å². The zero-order chi connectivity index (χ0) is 14.2. The molecule has 0 unspecified atom stereocenters. The Morgan fingerprint density at radius 1 is 1.33 bits per heavy atom. The second-order valence-electron chi connectivity index (χ2n) is 4.87. The normalized spacial score (nSPS) is 14.5. The minimum Gasteiger partial charge on any atom is -0.357 e. The molecule has 1 saturated carbocycles. The molecule has 1 aromatic rings. The van der Waals surface area contributed by atoms with Crippen molar-refractivity contribution in [3.63, 3.8) is 0 Å². The SMILES string of the molecule is CCNC(=NCC1CC1)NCCSc1ccccc1F.I. The van der Waals surface area contributed by atoms with Crippen molar-refractivity contribution in [1.82, 2.24) is 10.6 Å². The van der Waals surface area contributed by atoms with Crippen LogP contribution in [0.2, 0.25) is 0 Å². The van der Waals surface area contributed by atoms with Crippen LogP contribution in [0.4, 0.5) is 4.39 Å². The smallest absolute Gasteiger partial charge is 0.191 e. The van der Waals surface area contributed by atoms with Gasteiger partial charge in [-0.25, -0.2) is 4.39 Å². The van der Waals surface area contributed by atoms with Gasteiger partial charge < -0.3 is 10.6 Å². The van der Waals surface area contributed by atoms with Gasteiger partial charge in [0.25, 0.3) is 0 Å². The molecule has 0 aliphatic heterocycles. The molecule has 0 bridgehead atoms. The van der Waals surface area contributed by atoms with Crippen LogP contribution >= 0.6 is 35.7 Å². The summed E-state index contributed by atoms with van der Waals surface area (Å²) in [4.78, 5) is 5.25. The average molecular weight is 423 g/mol. The van der Waals surface area contributed by atoms with Gasteiger partial charge >= 0.3 is 0 Å². The molecular formula is C15H23FIN3S. The molecule has 0 aromatic heterocycles. The van der Waals surface area contributed by atoms with E-state index < -0.39 is 0 Å². The number of aliphatic imine (C=N–C) groups is 1. The maximum atomic E-state index is 13.4. The number of nitrogens with zero attached hydrogens (tertiary/aromatic N) is 1. The highest BCUT2D eigenvalue weighted by Crippen LogP contribution is 2.28. The van der Waals surface area contributed by atoms with Crippen LogP contribution in [-0.4, -0.2) is 31.3 Å². The highest BCUT2D eigenvalue weighted by atomic mass is 127. The van der Waals surface area contributed by atoms with E-state index >= 15 is 0 Å². The molecule has 21 heavy (non-hydrogen) atoms. The van der Waals surface area contributed by atoms with Gasteiger partial charge in [0.15, 0.2) is 5.96 Å². The molecule has 118 valence electrons. The fraction of sp³-hybridized carbons (Fsp3) is 0.533. The molecule has 1 aliphatic rings. The largest absolute Gasteiger partial charge is 0.357 e. The predicted molar refractivity (Wildman–Crippen MR) is 99.2 cm³/mol. The van der Waals surface area contributed by atoms with Crippen molar-refractivity contribution < 1.29 is 4.39 Å². The summed E-state index contributed by atoms with van der Waals surface area (Å²) in [6, 6.07) is 6.88. The second kappa shape index (κ2) is 10.3. The molecule has 0 amide bonds. The quantitative estimate of drug-likeness (QED) is 0.232. The van der Waals surface area contributed by atoms with Crippen LogP contribution in [0.15, 0.2) is 34.2 Å². The average Bonchev–Trinajstić information content (AvgIpc) is 3.26. The topological polar surface area (TPSA) is 36.4 Å². The van der Waals surface area contributed by atoms with E-state index in [-0.39, 0.29) is 29.8 Å². The van der Waals surface area contributed by atoms with Crippen molar-refractivity contribution in [2.24, 2.45) is 10.9 Å². The predicted octanol–water partition coefficient (Wildman–Crippen LogP) is 3.50. The first-order valence-electron chi connectivity index (χ1n) is 7.19. The second-order valence-corrected chi connectivity index (χ2v) is 6.01. The first-order chi connectivity index (χ1) is 9.79. The summed E-state index contributed by atoms with van der Waals surface area (Å²) in [5, 5.41) is 6.52. The lowest BCUT2D eigenvalue weighted by Crippen LogP contribution is -2.38. The van der Waals surface area contributed by atoms with Crippen LogP contribution in [0.1, 0.15) is 19.8 Å². The lowest BCUT2D eigenvalue weighted by atomic mass is 10.3. The lowest BCUT2D eigenvalue weighted by Gasteiger charge is -2.11. The van der Waals surface area contributed by atoms with Crippen molar-refractivity contribution in [2.75, 3.05) is 25.4 Å². The maximum Gasteiger partial charge on any atom is 0.191 e. The third kappa shape index (κ3) is 7.35. The van der Waals surface area contributed by atoms with Crippen molar-refractivity contribution in [2.45, 2.75) is 24.7 Å². The molecule has 3 nitrogen and oxygen atoms in total. The molecule has 6 heteroatoms. The molecule has 0 spiro atoms. The number of halogens is 2. The first-order valence-corrected chi connectivity index (χ1v) is 8.17.